The molecule has 16 heavy (non-hydrogen) atoms. The maximum Gasteiger partial charge on any atom is 0.134 e. The summed E-state index contributed by atoms with van der Waals surface area (Å²) in [5.74, 6) is 0. The van der Waals surface area contributed by atoms with E-state index in [2.05, 4.69) is 17.0 Å². The highest BCUT2D eigenvalue weighted by Crippen LogP contribution is 2.23. The molecule has 0 spiro atoms. The second kappa shape index (κ2) is 3.92. The number of rotatable bonds is 2. The van der Waals surface area contributed by atoms with Crippen LogP contribution in [0.5, 0.6) is 0 Å². The Labute approximate surface area is 94.8 Å². The lowest BCUT2D eigenvalue weighted by Gasteiger charge is -2.13. The third-order valence-corrected chi connectivity index (χ3v) is 3.26. The number of nitrogens with zero attached hydrogens (tertiary/aromatic N) is 1. The number of benzene rings is 1. The first-order chi connectivity index (χ1) is 7.83. The highest BCUT2D eigenvalue weighted by atomic mass is 16.3. The number of fused-ring (bicyclic) bond motifs is 1. The third-order valence-electron chi connectivity index (χ3n) is 3.26. The molecular formula is C13H16N2O. The van der Waals surface area contributed by atoms with E-state index in [1.165, 1.54) is 10.9 Å². The Morgan fingerprint density at radius 2 is 2.25 bits per heavy atom. The minimum Gasteiger partial charge on any atom is -0.464 e. The third kappa shape index (κ3) is 1.72. The Morgan fingerprint density at radius 1 is 1.38 bits per heavy atom. The monoisotopic (exact) mass is 216 g/mol. The van der Waals surface area contributed by atoms with Crippen LogP contribution in [0.1, 0.15) is 12.0 Å². The van der Waals surface area contributed by atoms with Crippen molar-refractivity contribution in [2.24, 2.45) is 5.73 Å². The summed E-state index contributed by atoms with van der Waals surface area (Å²) in [7, 11) is 0. The maximum absolute atomic E-state index is 5.90. The first-order valence-electron chi connectivity index (χ1n) is 5.76. The van der Waals surface area contributed by atoms with Gasteiger partial charge in [-0.25, -0.2) is 0 Å². The molecule has 0 aliphatic carbocycles. The molecule has 1 aliphatic rings. The zero-order valence-corrected chi connectivity index (χ0v) is 9.23. The summed E-state index contributed by atoms with van der Waals surface area (Å²) in [4.78, 5) is 2.39. The molecular weight excluding hydrogens is 200 g/mol. The second-order valence-electron chi connectivity index (χ2n) is 4.54. The lowest BCUT2D eigenvalue weighted by molar-refractivity contribution is 0.326. The highest BCUT2D eigenvalue weighted by molar-refractivity contribution is 5.80. The molecule has 1 unspecified atom stereocenters. The number of likely N-dealkylation sites (tertiary alicyclic amines) is 1. The lowest BCUT2D eigenvalue weighted by Crippen LogP contribution is -2.26. The smallest absolute Gasteiger partial charge is 0.134 e. The van der Waals surface area contributed by atoms with Gasteiger partial charge < -0.3 is 10.2 Å². The van der Waals surface area contributed by atoms with Gasteiger partial charge in [-0.15, -0.1) is 0 Å². The summed E-state index contributed by atoms with van der Waals surface area (Å²) >= 11 is 0. The van der Waals surface area contributed by atoms with Crippen molar-refractivity contribution < 1.29 is 4.42 Å². The standard InChI is InChI=1S/C13H16N2O/c14-11-5-6-15(8-11)7-10-9-16-13-4-2-1-3-12(10)13/h1-4,9,11H,5-8,14H2. The van der Waals surface area contributed by atoms with Gasteiger partial charge in [0, 0.05) is 36.6 Å². The summed E-state index contributed by atoms with van der Waals surface area (Å²) < 4.78 is 5.53. The molecule has 2 N–H and O–H groups in total. The number of para-hydroxylation sites is 1. The quantitative estimate of drug-likeness (QED) is 0.834. The summed E-state index contributed by atoms with van der Waals surface area (Å²) in [6.45, 7) is 3.05. The predicted molar refractivity (Wildman–Crippen MR) is 64.1 cm³/mol. The first kappa shape index (κ1) is 9.87. The van der Waals surface area contributed by atoms with E-state index in [9.17, 15) is 0 Å². The van der Waals surface area contributed by atoms with E-state index in [-0.39, 0.29) is 0 Å². The van der Waals surface area contributed by atoms with Crippen LogP contribution in [-0.4, -0.2) is 24.0 Å². The van der Waals surface area contributed by atoms with Crippen molar-refractivity contribution >= 4 is 11.0 Å². The molecule has 3 heteroatoms. The molecule has 0 bridgehead atoms. The van der Waals surface area contributed by atoms with Gasteiger partial charge in [0.1, 0.15) is 5.58 Å². The van der Waals surface area contributed by atoms with Crippen LogP contribution in [0.15, 0.2) is 34.9 Å². The van der Waals surface area contributed by atoms with Crippen LogP contribution in [0.2, 0.25) is 0 Å². The van der Waals surface area contributed by atoms with E-state index in [4.69, 9.17) is 10.2 Å². The Balaban J connectivity index is 1.84. The highest BCUT2D eigenvalue weighted by Gasteiger charge is 2.20. The molecule has 0 amide bonds. The fourth-order valence-electron chi connectivity index (χ4n) is 2.40. The predicted octanol–water partition coefficient (Wildman–Crippen LogP) is 1.97. The molecule has 2 aromatic rings. The van der Waals surface area contributed by atoms with E-state index >= 15 is 0 Å². The van der Waals surface area contributed by atoms with Crippen molar-refractivity contribution in [2.45, 2.75) is 19.0 Å². The van der Waals surface area contributed by atoms with Gasteiger partial charge in [0.25, 0.3) is 0 Å². The fourth-order valence-corrected chi connectivity index (χ4v) is 2.40. The second-order valence-corrected chi connectivity index (χ2v) is 4.54. The molecule has 0 saturated carbocycles. The summed E-state index contributed by atoms with van der Waals surface area (Å²) in [5.41, 5.74) is 8.14. The van der Waals surface area contributed by atoms with Crippen LogP contribution in [0.25, 0.3) is 11.0 Å². The van der Waals surface area contributed by atoms with E-state index in [1.54, 1.807) is 0 Å². The molecule has 1 aromatic carbocycles. The molecule has 1 aromatic heterocycles. The van der Waals surface area contributed by atoms with Crippen LogP contribution >= 0.6 is 0 Å². The average Bonchev–Trinajstić information content (AvgIpc) is 2.87. The molecule has 2 heterocycles. The first-order valence-corrected chi connectivity index (χ1v) is 5.76. The average molecular weight is 216 g/mol. The van der Waals surface area contributed by atoms with Crippen LogP contribution in [0.4, 0.5) is 0 Å². The van der Waals surface area contributed by atoms with Crippen molar-refractivity contribution in [1.29, 1.82) is 0 Å². The van der Waals surface area contributed by atoms with E-state index in [0.29, 0.717) is 6.04 Å². The topological polar surface area (TPSA) is 42.4 Å². The Hall–Kier alpha value is -1.32. The van der Waals surface area contributed by atoms with Gasteiger partial charge in [0.15, 0.2) is 0 Å². The van der Waals surface area contributed by atoms with Crippen molar-refractivity contribution in [3.63, 3.8) is 0 Å². The van der Waals surface area contributed by atoms with Crippen molar-refractivity contribution in [2.75, 3.05) is 13.1 Å². The Bertz CT molecular complexity index is 491. The number of nitrogens with two attached hydrogens (primary N) is 1. The molecule has 1 atom stereocenters. The van der Waals surface area contributed by atoms with Gasteiger partial charge >= 0.3 is 0 Å². The van der Waals surface area contributed by atoms with Crippen LogP contribution in [0.3, 0.4) is 0 Å². The van der Waals surface area contributed by atoms with Gasteiger partial charge in [0.05, 0.1) is 6.26 Å². The number of hydrogen-bond donors (Lipinski definition) is 1. The molecule has 0 radical (unpaired) electrons. The zero-order chi connectivity index (χ0) is 11.0. The lowest BCUT2D eigenvalue weighted by atomic mass is 10.2. The number of furan rings is 1. The van der Waals surface area contributed by atoms with E-state index in [1.807, 2.05) is 18.4 Å². The van der Waals surface area contributed by atoms with Gasteiger partial charge in [0.2, 0.25) is 0 Å². The maximum atomic E-state index is 5.90. The molecule has 84 valence electrons. The molecule has 3 nitrogen and oxygen atoms in total. The van der Waals surface area contributed by atoms with Crippen molar-refractivity contribution in [3.05, 3.63) is 36.1 Å². The Morgan fingerprint density at radius 3 is 3.06 bits per heavy atom. The van der Waals surface area contributed by atoms with Crippen molar-refractivity contribution in [3.8, 4) is 0 Å². The molecule has 1 aliphatic heterocycles. The van der Waals surface area contributed by atoms with Gasteiger partial charge in [-0.05, 0) is 12.5 Å². The summed E-state index contributed by atoms with van der Waals surface area (Å²) in [6, 6.07) is 8.52. The van der Waals surface area contributed by atoms with E-state index < -0.39 is 0 Å². The van der Waals surface area contributed by atoms with Crippen LogP contribution in [-0.2, 0) is 6.54 Å². The van der Waals surface area contributed by atoms with Gasteiger partial charge in [-0.2, -0.15) is 0 Å². The minimum absolute atomic E-state index is 0.346. The SMILES string of the molecule is NC1CCN(Cc2coc3ccccc23)C1. The number of hydrogen-bond acceptors (Lipinski definition) is 3. The molecule has 3 rings (SSSR count). The summed E-state index contributed by atoms with van der Waals surface area (Å²) in [6.07, 6.45) is 2.98. The van der Waals surface area contributed by atoms with Crippen LogP contribution in [0, 0.1) is 0 Å². The fraction of sp³-hybridized carbons (Fsp3) is 0.385. The molecule has 1 saturated heterocycles. The minimum atomic E-state index is 0.346. The van der Waals surface area contributed by atoms with E-state index in [0.717, 1.165) is 31.6 Å². The largest absolute Gasteiger partial charge is 0.464 e. The van der Waals surface area contributed by atoms with Crippen molar-refractivity contribution in [1.82, 2.24) is 4.90 Å². The normalized spacial score (nSPS) is 21.9. The van der Waals surface area contributed by atoms with Gasteiger partial charge in [-0.3, -0.25) is 4.90 Å². The zero-order valence-electron chi connectivity index (χ0n) is 9.23. The van der Waals surface area contributed by atoms with Gasteiger partial charge in [-0.1, -0.05) is 18.2 Å². The summed E-state index contributed by atoms with van der Waals surface area (Å²) in [5, 5.41) is 1.22. The Kier molecular flexibility index (Phi) is 2.42. The molecule has 1 fully saturated rings. The van der Waals surface area contributed by atoms with Crippen LogP contribution < -0.4 is 5.73 Å².